The first-order valence-electron chi connectivity index (χ1n) is 7.66. The van der Waals surface area contributed by atoms with E-state index in [0.717, 1.165) is 0 Å². The van der Waals surface area contributed by atoms with Crippen LogP contribution in [0.25, 0.3) is 0 Å². The molecule has 2 bridgehead atoms. The lowest BCUT2D eigenvalue weighted by atomic mass is 9.76. The van der Waals surface area contributed by atoms with Gasteiger partial charge in [-0.05, 0) is 49.4 Å². The molecule has 0 saturated heterocycles. The number of carbonyl (C=O) groups is 1. The van der Waals surface area contributed by atoms with Crippen LogP contribution in [0.4, 0.5) is 39.5 Å². The van der Waals surface area contributed by atoms with Crippen LogP contribution in [-0.2, 0) is 9.53 Å². The number of ether oxygens (including phenoxy) is 1. The van der Waals surface area contributed by atoms with Crippen LogP contribution in [0.1, 0.15) is 25.7 Å². The summed E-state index contributed by atoms with van der Waals surface area (Å²) in [6.45, 7) is -0.588. The second kappa shape index (κ2) is 6.45. The predicted molar refractivity (Wildman–Crippen MR) is 66.5 cm³/mol. The normalized spacial score (nSPS) is 29.9. The molecule has 4 unspecified atom stereocenters. The molecular weight excluding hydrogens is 387 g/mol. The summed E-state index contributed by atoms with van der Waals surface area (Å²) in [4.78, 5) is 10.7. The fraction of sp³-hybridized carbons (Fsp3) is 0.929. The highest BCUT2D eigenvalue weighted by Crippen LogP contribution is 2.57. The van der Waals surface area contributed by atoms with Crippen molar-refractivity contribution in [1.29, 1.82) is 0 Å². The number of hydrogen-bond acceptors (Lipinski definition) is 3. The quantitative estimate of drug-likeness (QED) is 0.571. The summed E-state index contributed by atoms with van der Waals surface area (Å²) in [6, 6.07) is 0. The third kappa shape index (κ3) is 3.89. The first-order chi connectivity index (χ1) is 11.6. The number of alkyl halides is 9. The Bertz CT molecular complexity index is 523. The lowest BCUT2D eigenvalue weighted by Gasteiger charge is -2.37. The van der Waals surface area contributed by atoms with E-state index in [1.807, 2.05) is 0 Å². The van der Waals surface area contributed by atoms with Gasteiger partial charge in [-0.1, -0.05) is 0 Å². The molecule has 152 valence electrons. The van der Waals surface area contributed by atoms with E-state index in [1.54, 1.807) is 0 Å². The van der Waals surface area contributed by atoms with Gasteiger partial charge in [0.05, 0.1) is 6.61 Å². The van der Waals surface area contributed by atoms with Crippen LogP contribution in [-0.4, -0.2) is 41.8 Å². The Balaban J connectivity index is 1.97. The molecule has 0 amide bonds. The lowest BCUT2D eigenvalue weighted by Crippen LogP contribution is -2.58. The number of carbonyl (C=O) groups excluding carboxylic acids is 1. The van der Waals surface area contributed by atoms with E-state index < -0.39 is 66.8 Å². The Morgan fingerprint density at radius 2 is 1.31 bits per heavy atom. The minimum Gasteiger partial charge on any atom is -0.459 e. The summed E-state index contributed by atoms with van der Waals surface area (Å²) in [5, 5.41) is 9.26. The van der Waals surface area contributed by atoms with Gasteiger partial charge >= 0.3 is 24.5 Å². The van der Waals surface area contributed by atoms with Crippen molar-refractivity contribution >= 4 is 5.97 Å². The zero-order valence-electron chi connectivity index (χ0n) is 13.0. The molecule has 2 aliphatic carbocycles. The summed E-state index contributed by atoms with van der Waals surface area (Å²) < 4.78 is 117. The average Bonchev–Trinajstić information content (AvgIpc) is 3.00. The van der Waals surface area contributed by atoms with E-state index >= 15 is 0 Å². The molecule has 12 heteroatoms. The molecule has 26 heavy (non-hydrogen) atoms. The minimum absolute atomic E-state index is 0.0479. The monoisotopic (exact) mass is 402 g/mol. The molecule has 3 nitrogen and oxygen atoms in total. The van der Waals surface area contributed by atoms with Crippen molar-refractivity contribution in [2.75, 3.05) is 6.61 Å². The largest absolute Gasteiger partial charge is 0.490 e. The molecule has 0 radical (unpaired) electrons. The van der Waals surface area contributed by atoms with Crippen LogP contribution in [0, 0.1) is 23.7 Å². The standard InChI is InChI=1S/C14H15F9O3/c15-12(16,17)10(24)26-5-9-3-6-1-7(9)2-8(6)4-11(25,13(18,19)20)14(21,22)23/h6-9,25H,1-5H2. The summed E-state index contributed by atoms with van der Waals surface area (Å²) in [5.74, 6) is -5.06. The van der Waals surface area contributed by atoms with Crippen molar-refractivity contribution in [1.82, 2.24) is 0 Å². The third-order valence-electron chi connectivity index (χ3n) is 5.31. The molecular formula is C14H15F9O3. The molecule has 0 heterocycles. The first kappa shape index (κ1) is 21.1. The third-order valence-corrected chi connectivity index (χ3v) is 5.31. The Labute approximate surface area is 141 Å². The van der Waals surface area contributed by atoms with Gasteiger partial charge in [0.25, 0.3) is 5.60 Å². The maximum atomic E-state index is 12.8. The molecule has 0 spiro atoms. The fourth-order valence-corrected chi connectivity index (χ4v) is 4.00. The molecule has 2 aliphatic rings. The van der Waals surface area contributed by atoms with Crippen LogP contribution in [0.2, 0.25) is 0 Å². The highest BCUT2D eigenvalue weighted by molar-refractivity contribution is 5.75. The SMILES string of the molecule is O=C(OCC1CC2CC1CC2CC(O)(C(F)(F)F)C(F)(F)F)C(F)(F)F. The summed E-state index contributed by atoms with van der Waals surface area (Å²) in [6.07, 6.45) is -18.3. The lowest BCUT2D eigenvalue weighted by molar-refractivity contribution is -0.373. The van der Waals surface area contributed by atoms with Crippen molar-refractivity contribution in [2.45, 2.75) is 49.8 Å². The van der Waals surface area contributed by atoms with Crippen LogP contribution >= 0.6 is 0 Å². The van der Waals surface area contributed by atoms with Gasteiger partial charge < -0.3 is 9.84 Å². The first-order valence-corrected chi connectivity index (χ1v) is 7.66. The van der Waals surface area contributed by atoms with Gasteiger partial charge in [-0.15, -0.1) is 0 Å². The van der Waals surface area contributed by atoms with Crippen molar-refractivity contribution in [3.63, 3.8) is 0 Å². The number of halogens is 9. The summed E-state index contributed by atoms with van der Waals surface area (Å²) >= 11 is 0. The van der Waals surface area contributed by atoms with E-state index in [1.165, 1.54) is 0 Å². The number of esters is 1. The van der Waals surface area contributed by atoms with Crippen molar-refractivity contribution in [3.05, 3.63) is 0 Å². The highest BCUT2D eigenvalue weighted by atomic mass is 19.4. The molecule has 2 rings (SSSR count). The smallest absolute Gasteiger partial charge is 0.459 e. The molecule has 2 saturated carbocycles. The predicted octanol–water partition coefficient (Wildman–Crippen LogP) is 4.00. The molecule has 0 aliphatic heterocycles. The summed E-state index contributed by atoms with van der Waals surface area (Å²) in [5.41, 5.74) is -4.83. The van der Waals surface area contributed by atoms with Crippen LogP contribution in [0.15, 0.2) is 0 Å². The van der Waals surface area contributed by atoms with E-state index in [4.69, 9.17) is 0 Å². The second-order valence-electron chi connectivity index (χ2n) is 6.90. The number of rotatable bonds is 4. The molecule has 0 aromatic heterocycles. The molecule has 0 aromatic rings. The van der Waals surface area contributed by atoms with E-state index in [-0.39, 0.29) is 19.3 Å². The maximum absolute atomic E-state index is 12.8. The fourth-order valence-electron chi connectivity index (χ4n) is 4.00. The Hall–Kier alpha value is -1.20. The molecule has 2 fully saturated rings. The van der Waals surface area contributed by atoms with Crippen LogP contribution in [0.5, 0.6) is 0 Å². The number of fused-ring (bicyclic) bond motifs is 2. The second-order valence-corrected chi connectivity index (χ2v) is 6.90. The van der Waals surface area contributed by atoms with Crippen molar-refractivity contribution < 1.29 is 54.2 Å². The minimum atomic E-state index is -5.89. The molecule has 0 aromatic carbocycles. The Kier molecular flexibility index (Phi) is 5.23. The number of hydrogen-bond donors (Lipinski definition) is 1. The van der Waals surface area contributed by atoms with Gasteiger partial charge in [0.1, 0.15) is 0 Å². The zero-order chi connectivity index (χ0) is 20.1. The Morgan fingerprint density at radius 1 is 0.846 bits per heavy atom. The van der Waals surface area contributed by atoms with Gasteiger partial charge in [-0.3, -0.25) is 0 Å². The van der Waals surface area contributed by atoms with Crippen LogP contribution in [0.3, 0.4) is 0 Å². The van der Waals surface area contributed by atoms with Crippen molar-refractivity contribution in [2.24, 2.45) is 23.7 Å². The van der Waals surface area contributed by atoms with Gasteiger partial charge in [-0.25, -0.2) is 4.79 Å². The highest BCUT2D eigenvalue weighted by Gasteiger charge is 2.71. The maximum Gasteiger partial charge on any atom is 0.490 e. The van der Waals surface area contributed by atoms with E-state index in [2.05, 4.69) is 4.74 Å². The molecule has 4 atom stereocenters. The van der Waals surface area contributed by atoms with E-state index in [9.17, 15) is 49.4 Å². The van der Waals surface area contributed by atoms with Gasteiger partial charge in [0.15, 0.2) is 0 Å². The Morgan fingerprint density at radius 3 is 1.69 bits per heavy atom. The van der Waals surface area contributed by atoms with Crippen LogP contribution < -0.4 is 0 Å². The zero-order valence-corrected chi connectivity index (χ0v) is 13.0. The van der Waals surface area contributed by atoms with Crippen molar-refractivity contribution in [3.8, 4) is 0 Å². The van der Waals surface area contributed by atoms with Gasteiger partial charge in [0.2, 0.25) is 0 Å². The van der Waals surface area contributed by atoms with Gasteiger partial charge in [-0.2, -0.15) is 39.5 Å². The topological polar surface area (TPSA) is 46.5 Å². The van der Waals surface area contributed by atoms with Gasteiger partial charge in [0, 0.05) is 0 Å². The number of aliphatic hydroxyl groups is 1. The average molecular weight is 402 g/mol. The molecule has 1 N–H and O–H groups in total. The summed E-state index contributed by atoms with van der Waals surface area (Å²) in [7, 11) is 0. The van der Waals surface area contributed by atoms with E-state index in [0.29, 0.717) is 0 Å².